The molecule has 6 rings (SSSR count). The van der Waals surface area contributed by atoms with Crippen molar-refractivity contribution < 1.29 is 14.0 Å². The summed E-state index contributed by atoms with van der Waals surface area (Å²) < 4.78 is 5.43. The van der Waals surface area contributed by atoms with Crippen molar-refractivity contribution >= 4 is 22.9 Å². The Balaban J connectivity index is 1.42. The molecule has 3 amide bonds. The molecule has 1 fully saturated rings. The van der Waals surface area contributed by atoms with E-state index >= 15 is 0 Å². The van der Waals surface area contributed by atoms with Crippen LogP contribution in [0.15, 0.2) is 51.7 Å². The molecule has 150 valence electrons. The Morgan fingerprint density at radius 2 is 1.77 bits per heavy atom. The van der Waals surface area contributed by atoms with Gasteiger partial charge in [-0.15, -0.1) is 0 Å². The minimum Gasteiger partial charge on any atom is -0.423 e. The number of imide groups is 1. The fourth-order valence-electron chi connectivity index (χ4n) is 5.33. The number of carbonyl (C=O) groups excluding carboxylic acids is 2. The van der Waals surface area contributed by atoms with Gasteiger partial charge in [0.05, 0.1) is 6.54 Å². The van der Waals surface area contributed by atoms with E-state index in [4.69, 9.17) is 4.42 Å². The lowest BCUT2D eigenvalue weighted by atomic mass is 9.91. The molecule has 6 nitrogen and oxygen atoms in total. The van der Waals surface area contributed by atoms with Crippen LogP contribution in [0.25, 0.3) is 11.0 Å². The number of hydrogen-bond donors (Lipinski definition) is 1. The van der Waals surface area contributed by atoms with E-state index in [1.54, 1.807) is 0 Å². The van der Waals surface area contributed by atoms with E-state index < -0.39 is 17.2 Å². The van der Waals surface area contributed by atoms with Crippen molar-refractivity contribution in [1.82, 2.24) is 10.2 Å². The molecule has 1 unspecified atom stereocenters. The van der Waals surface area contributed by atoms with Gasteiger partial charge in [-0.3, -0.25) is 9.69 Å². The van der Waals surface area contributed by atoms with Gasteiger partial charge >= 0.3 is 11.7 Å². The maximum Gasteiger partial charge on any atom is 0.336 e. The molecule has 6 heteroatoms. The van der Waals surface area contributed by atoms with Gasteiger partial charge in [-0.1, -0.05) is 24.3 Å². The Labute approximate surface area is 172 Å². The summed E-state index contributed by atoms with van der Waals surface area (Å²) >= 11 is 0. The Morgan fingerprint density at radius 3 is 2.63 bits per heavy atom. The zero-order valence-corrected chi connectivity index (χ0v) is 16.4. The largest absolute Gasteiger partial charge is 0.423 e. The molecule has 3 aromatic rings. The third-order valence-electron chi connectivity index (χ3n) is 6.79. The van der Waals surface area contributed by atoms with Crippen LogP contribution in [0.2, 0.25) is 0 Å². The lowest BCUT2D eigenvalue weighted by Crippen LogP contribution is -2.41. The highest BCUT2D eigenvalue weighted by Crippen LogP contribution is 2.42. The Kier molecular flexibility index (Phi) is 3.52. The first-order chi connectivity index (χ1) is 14.5. The predicted octanol–water partition coefficient (Wildman–Crippen LogP) is 3.18. The number of benzene rings is 2. The molecule has 30 heavy (non-hydrogen) atoms. The molecular weight excluding hydrogens is 380 g/mol. The third-order valence-corrected chi connectivity index (χ3v) is 6.79. The van der Waals surface area contributed by atoms with Crippen LogP contribution in [-0.2, 0) is 36.1 Å². The molecule has 2 heterocycles. The number of carbonyl (C=O) groups is 2. The molecule has 2 aromatic carbocycles. The van der Waals surface area contributed by atoms with Crippen molar-refractivity contribution in [3.63, 3.8) is 0 Å². The molecule has 0 radical (unpaired) electrons. The van der Waals surface area contributed by atoms with Crippen LogP contribution in [0, 0.1) is 0 Å². The second kappa shape index (κ2) is 6.05. The number of nitrogens with zero attached hydrogens (tertiary/aromatic N) is 1. The molecule has 1 saturated heterocycles. The smallest absolute Gasteiger partial charge is 0.336 e. The maximum absolute atomic E-state index is 13.5. The highest BCUT2D eigenvalue weighted by Gasteiger charge is 2.55. The summed E-state index contributed by atoms with van der Waals surface area (Å²) in [6.45, 7) is 0.0511. The number of hydrogen-bond acceptors (Lipinski definition) is 4. The van der Waals surface area contributed by atoms with Gasteiger partial charge in [-0.2, -0.15) is 0 Å². The van der Waals surface area contributed by atoms with Gasteiger partial charge in [0.25, 0.3) is 5.91 Å². The van der Waals surface area contributed by atoms with E-state index in [1.807, 2.05) is 30.3 Å². The SMILES string of the molecule is O=C1NC2(CCc3ccccc32)C(=O)N1Cc1cc(=O)oc2cc3c(cc12)CCC3. The first-order valence-corrected chi connectivity index (χ1v) is 10.4. The van der Waals surface area contributed by atoms with Crippen LogP contribution in [0.1, 0.15) is 40.7 Å². The normalized spacial score (nSPS) is 22.1. The molecule has 1 N–H and O–H groups in total. The summed E-state index contributed by atoms with van der Waals surface area (Å²) in [7, 11) is 0. The van der Waals surface area contributed by atoms with E-state index in [2.05, 4.69) is 11.4 Å². The lowest BCUT2D eigenvalue weighted by Gasteiger charge is -2.22. The first kappa shape index (κ1) is 17.4. The van der Waals surface area contributed by atoms with Gasteiger partial charge in [-0.25, -0.2) is 9.59 Å². The highest BCUT2D eigenvalue weighted by molar-refractivity contribution is 6.08. The number of fused-ring (bicyclic) bond motifs is 4. The van der Waals surface area contributed by atoms with E-state index in [1.165, 1.54) is 22.1 Å². The fraction of sp³-hybridized carbons (Fsp3) is 0.292. The zero-order chi connectivity index (χ0) is 20.5. The van der Waals surface area contributed by atoms with Crippen LogP contribution in [0.5, 0.6) is 0 Å². The topological polar surface area (TPSA) is 79.6 Å². The quantitative estimate of drug-likeness (QED) is 0.529. The summed E-state index contributed by atoms with van der Waals surface area (Å²) in [6, 6.07) is 12.7. The van der Waals surface area contributed by atoms with Gasteiger partial charge in [0.2, 0.25) is 0 Å². The summed E-state index contributed by atoms with van der Waals surface area (Å²) in [5, 5.41) is 3.74. The Morgan fingerprint density at radius 1 is 0.967 bits per heavy atom. The van der Waals surface area contributed by atoms with Crippen LogP contribution < -0.4 is 10.9 Å². The van der Waals surface area contributed by atoms with Crippen molar-refractivity contribution in [2.45, 2.75) is 44.2 Å². The van der Waals surface area contributed by atoms with Gasteiger partial charge in [0.1, 0.15) is 11.1 Å². The Bertz CT molecular complexity index is 1310. The molecule has 3 aliphatic rings. The van der Waals surface area contributed by atoms with Crippen molar-refractivity contribution in [3.05, 3.63) is 80.7 Å². The molecule has 1 aromatic heterocycles. The highest BCUT2D eigenvalue weighted by atomic mass is 16.4. The van der Waals surface area contributed by atoms with Gasteiger partial charge in [-0.05, 0) is 72.1 Å². The Hall–Kier alpha value is -3.41. The van der Waals surface area contributed by atoms with Crippen LogP contribution in [0.3, 0.4) is 0 Å². The monoisotopic (exact) mass is 400 g/mol. The molecule has 1 atom stereocenters. The predicted molar refractivity (Wildman–Crippen MR) is 110 cm³/mol. The van der Waals surface area contributed by atoms with Crippen molar-refractivity contribution in [1.29, 1.82) is 0 Å². The standard InChI is InChI=1S/C24H20N2O4/c27-21-12-17(18-10-15-5-3-6-16(15)11-20(18)30-21)13-26-22(28)24(25-23(26)29)9-8-14-4-1-2-7-19(14)24/h1-2,4,7,10-12H,3,5-6,8-9,13H2,(H,25,29). The summed E-state index contributed by atoms with van der Waals surface area (Å²) in [6.07, 6.45) is 4.36. The second-order valence-electron chi connectivity index (χ2n) is 8.45. The van der Waals surface area contributed by atoms with Gasteiger partial charge in [0, 0.05) is 11.5 Å². The maximum atomic E-state index is 13.5. The number of nitrogens with one attached hydrogen (secondary N) is 1. The second-order valence-corrected chi connectivity index (χ2v) is 8.45. The summed E-state index contributed by atoms with van der Waals surface area (Å²) in [5.41, 5.74) is 4.12. The van der Waals surface area contributed by atoms with E-state index in [9.17, 15) is 14.4 Å². The number of rotatable bonds is 2. The zero-order valence-electron chi connectivity index (χ0n) is 16.4. The minimum absolute atomic E-state index is 0.0511. The van der Waals surface area contributed by atoms with Crippen LogP contribution >= 0.6 is 0 Å². The minimum atomic E-state index is -0.996. The third kappa shape index (κ3) is 2.33. The molecule has 0 saturated carbocycles. The van der Waals surface area contributed by atoms with E-state index in [0.29, 0.717) is 17.6 Å². The number of amides is 3. The molecular formula is C24H20N2O4. The van der Waals surface area contributed by atoms with E-state index in [-0.39, 0.29) is 12.5 Å². The molecule has 1 aliphatic heterocycles. The van der Waals surface area contributed by atoms with Gasteiger partial charge in [0.15, 0.2) is 0 Å². The van der Waals surface area contributed by atoms with Crippen molar-refractivity contribution in [2.24, 2.45) is 0 Å². The van der Waals surface area contributed by atoms with Crippen LogP contribution in [-0.4, -0.2) is 16.8 Å². The lowest BCUT2D eigenvalue weighted by molar-refractivity contribution is -0.132. The summed E-state index contributed by atoms with van der Waals surface area (Å²) in [4.78, 5) is 39.7. The van der Waals surface area contributed by atoms with E-state index in [0.717, 1.165) is 42.2 Å². The first-order valence-electron chi connectivity index (χ1n) is 10.4. The summed E-state index contributed by atoms with van der Waals surface area (Å²) in [5.74, 6) is -0.250. The van der Waals surface area contributed by atoms with Crippen LogP contribution in [0.4, 0.5) is 4.79 Å². The van der Waals surface area contributed by atoms with Gasteiger partial charge < -0.3 is 9.73 Å². The van der Waals surface area contributed by atoms with Crippen molar-refractivity contribution in [3.8, 4) is 0 Å². The molecule has 1 spiro atoms. The van der Waals surface area contributed by atoms with Crippen molar-refractivity contribution in [2.75, 3.05) is 0 Å². The molecule has 2 aliphatic carbocycles. The number of aryl methyl sites for hydroxylation is 3. The average molecular weight is 400 g/mol. The fourth-order valence-corrected chi connectivity index (χ4v) is 5.33. The average Bonchev–Trinajstić information content (AvgIpc) is 3.40. The molecule has 0 bridgehead atoms. The number of urea groups is 1.